The molecule has 242 valence electrons. The number of primary amides is 1. The van der Waals surface area contributed by atoms with Gasteiger partial charge in [-0.25, -0.2) is 4.79 Å². The standard InChI is InChI=1S/C26H36N6O12/c1-12(29-24(41)16(7-8-19(28)34)30-23(40)15(27)6-9-20(35)36)22(39)31-17(11-21(37)38)25(42)32-18(26(43)44)10-13-2-4-14(33)5-3-13/h2-5,12,15-18,33H,6-11,27H2,1H3,(H2,28,34)(H,29,41)(H,30,40)(H,31,39)(H,32,42)(H,35,36)(H,37,38)(H,43,44)/t12-,15-,16-,17-,18-/m0/s1. The first kappa shape index (κ1) is 36.8. The molecule has 1 aromatic carbocycles. The van der Waals surface area contributed by atoms with Crippen LogP contribution in [0.5, 0.6) is 5.75 Å². The van der Waals surface area contributed by atoms with Crippen LogP contribution in [-0.4, -0.2) is 98.1 Å². The number of carbonyl (C=O) groups excluding carboxylic acids is 5. The van der Waals surface area contributed by atoms with Crippen LogP contribution in [0.4, 0.5) is 0 Å². The molecule has 18 nitrogen and oxygen atoms in total. The van der Waals surface area contributed by atoms with Gasteiger partial charge in [-0.1, -0.05) is 12.1 Å². The highest BCUT2D eigenvalue weighted by Gasteiger charge is 2.31. The number of aliphatic carboxylic acids is 3. The van der Waals surface area contributed by atoms with Crippen LogP contribution >= 0.6 is 0 Å². The van der Waals surface area contributed by atoms with Crippen LogP contribution < -0.4 is 32.7 Å². The van der Waals surface area contributed by atoms with Crippen molar-refractivity contribution in [2.45, 2.75) is 75.7 Å². The Morgan fingerprint density at radius 3 is 1.77 bits per heavy atom. The van der Waals surface area contributed by atoms with E-state index in [1.165, 1.54) is 31.2 Å². The first-order valence-corrected chi connectivity index (χ1v) is 13.2. The second-order valence-corrected chi connectivity index (χ2v) is 9.76. The molecular weight excluding hydrogens is 588 g/mol. The number of nitrogens with one attached hydrogen (secondary N) is 4. The summed E-state index contributed by atoms with van der Waals surface area (Å²) in [5.74, 6) is -9.16. The average molecular weight is 625 g/mol. The fourth-order valence-corrected chi connectivity index (χ4v) is 3.64. The normalized spacial score (nSPS) is 14.0. The van der Waals surface area contributed by atoms with Crippen molar-refractivity contribution >= 4 is 47.4 Å². The minimum absolute atomic E-state index is 0.0732. The van der Waals surface area contributed by atoms with Gasteiger partial charge in [-0.15, -0.1) is 0 Å². The van der Waals surface area contributed by atoms with Gasteiger partial charge in [0.1, 0.15) is 29.9 Å². The van der Waals surface area contributed by atoms with Gasteiger partial charge in [0.15, 0.2) is 0 Å². The summed E-state index contributed by atoms with van der Waals surface area (Å²) < 4.78 is 0. The van der Waals surface area contributed by atoms with E-state index in [1.54, 1.807) is 0 Å². The number of phenols is 1. The summed E-state index contributed by atoms with van der Waals surface area (Å²) >= 11 is 0. The van der Waals surface area contributed by atoms with E-state index >= 15 is 0 Å². The van der Waals surface area contributed by atoms with Gasteiger partial charge in [0, 0.05) is 19.3 Å². The lowest BCUT2D eigenvalue weighted by Gasteiger charge is -2.24. The van der Waals surface area contributed by atoms with Gasteiger partial charge >= 0.3 is 17.9 Å². The molecule has 0 bridgehead atoms. The number of hydrogen-bond acceptors (Lipinski definition) is 10. The topological polar surface area (TPSA) is 318 Å². The van der Waals surface area contributed by atoms with Gasteiger partial charge in [0.2, 0.25) is 29.5 Å². The van der Waals surface area contributed by atoms with Gasteiger partial charge in [-0.2, -0.15) is 0 Å². The highest BCUT2D eigenvalue weighted by molar-refractivity contribution is 5.96. The highest BCUT2D eigenvalue weighted by atomic mass is 16.4. The molecule has 0 aliphatic carbocycles. The molecule has 1 rings (SSSR count). The van der Waals surface area contributed by atoms with Gasteiger partial charge in [-0.05, 0) is 37.5 Å². The zero-order valence-corrected chi connectivity index (χ0v) is 23.6. The van der Waals surface area contributed by atoms with Crippen molar-refractivity contribution < 1.29 is 58.8 Å². The molecule has 18 heteroatoms. The zero-order chi connectivity index (χ0) is 33.6. The summed E-state index contributed by atoms with van der Waals surface area (Å²) in [7, 11) is 0. The third kappa shape index (κ3) is 13.6. The van der Waals surface area contributed by atoms with E-state index in [9.17, 15) is 53.7 Å². The van der Waals surface area contributed by atoms with Crippen LogP contribution in [0.25, 0.3) is 0 Å². The summed E-state index contributed by atoms with van der Waals surface area (Å²) in [4.78, 5) is 96.0. The van der Waals surface area contributed by atoms with E-state index in [2.05, 4.69) is 21.3 Å². The molecular formula is C26H36N6O12. The van der Waals surface area contributed by atoms with Crippen molar-refractivity contribution in [2.24, 2.45) is 11.5 Å². The van der Waals surface area contributed by atoms with Gasteiger partial charge in [0.25, 0.3) is 0 Å². The van der Waals surface area contributed by atoms with Crippen molar-refractivity contribution in [3.63, 3.8) is 0 Å². The maximum atomic E-state index is 12.9. The molecule has 0 saturated carbocycles. The summed E-state index contributed by atoms with van der Waals surface area (Å²) in [6.45, 7) is 1.17. The molecule has 0 aliphatic rings. The molecule has 0 aliphatic heterocycles. The molecule has 5 atom stereocenters. The van der Waals surface area contributed by atoms with Crippen LogP contribution in [0.15, 0.2) is 24.3 Å². The summed E-state index contributed by atoms with van der Waals surface area (Å²) in [6.07, 6.45) is -2.54. The Balaban J connectivity index is 2.96. The molecule has 0 spiro atoms. The van der Waals surface area contributed by atoms with E-state index in [0.717, 1.165) is 0 Å². The minimum atomic E-state index is -1.77. The van der Waals surface area contributed by atoms with Crippen LogP contribution in [-0.2, 0) is 44.8 Å². The van der Waals surface area contributed by atoms with E-state index in [4.69, 9.17) is 16.6 Å². The van der Waals surface area contributed by atoms with Crippen LogP contribution in [0, 0.1) is 0 Å². The Morgan fingerprint density at radius 2 is 1.25 bits per heavy atom. The minimum Gasteiger partial charge on any atom is -0.508 e. The number of amides is 5. The smallest absolute Gasteiger partial charge is 0.326 e. The Morgan fingerprint density at radius 1 is 0.705 bits per heavy atom. The average Bonchev–Trinajstić information content (AvgIpc) is 2.93. The summed E-state index contributed by atoms with van der Waals surface area (Å²) in [5.41, 5.74) is 11.2. The van der Waals surface area contributed by atoms with Crippen LogP contribution in [0.1, 0.15) is 44.6 Å². The predicted molar refractivity (Wildman–Crippen MR) is 148 cm³/mol. The molecule has 0 saturated heterocycles. The van der Waals surface area contributed by atoms with Crippen LogP contribution in [0.3, 0.4) is 0 Å². The van der Waals surface area contributed by atoms with E-state index < -0.39 is 90.5 Å². The molecule has 0 fully saturated rings. The van der Waals surface area contributed by atoms with Crippen molar-refractivity contribution in [2.75, 3.05) is 0 Å². The Kier molecular flexibility index (Phi) is 14.7. The van der Waals surface area contributed by atoms with Crippen molar-refractivity contribution in [1.29, 1.82) is 0 Å². The van der Waals surface area contributed by atoms with E-state index in [1.807, 2.05) is 0 Å². The lowest BCUT2D eigenvalue weighted by Crippen LogP contribution is -2.58. The molecule has 12 N–H and O–H groups in total. The maximum absolute atomic E-state index is 12.9. The molecule has 0 unspecified atom stereocenters. The molecule has 0 radical (unpaired) electrons. The van der Waals surface area contributed by atoms with Crippen molar-refractivity contribution in [3.05, 3.63) is 29.8 Å². The first-order chi connectivity index (χ1) is 20.5. The monoisotopic (exact) mass is 624 g/mol. The number of benzene rings is 1. The highest BCUT2D eigenvalue weighted by Crippen LogP contribution is 2.12. The zero-order valence-electron chi connectivity index (χ0n) is 23.6. The largest absolute Gasteiger partial charge is 0.508 e. The van der Waals surface area contributed by atoms with Gasteiger partial charge in [-0.3, -0.25) is 33.6 Å². The predicted octanol–water partition coefficient (Wildman–Crippen LogP) is -3.09. The van der Waals surface area contributed by atoms with Crippen molar-refractivity contribution in [3.8, 4) is 5.75 Å². The van der Waals surface area contributed by atoms with E-state index in [-0.39, 0.29) is 31.4 Å². The number of rotatable bonds is 19. The Labute approximate surface area is 250 Å². The van der Waals surface area contributed by atoms with Gasteiger partial charge < -0.3 is 53.2 Å². The summed E-state index contributed by atoms with van der Waals surface area (Å²) in [5, 5.41) is 45.7. The third-order valence-corrected chi connectivity index (χ3v) is 6.07. The lowest BCUT2D eigenvalue weighted by molar-refractivity contribution is -0.143. The fourth-order valence-electron chi connectivity index (χ4n) is 3.64. The molecule has 44 heavy (non-hydrogen) atoms. The van der Waals surface area contributed by atoms with E-state index in [0.29, 0.717) is 5.56 Å². The second kappa shape index (κ2) is 17.6. The number of aromatic hydroxyl groups is 1. The second-order valence-electron chi connectivity index (χ2n) is 9.76. The lowest BCUT2D eigenvalue weighted by atomic mass is 10.0. The van der Waals surface area contributed by atoms with Crippen molar-refractivity contribution in [1.82, 2.24) is 21.3 Å². The Bertz CT molecular complexity index is 1240. The molecule has 5 amide bonds. The maximum Gasteiger partial charge on any atom is 0.326 e. The SMILES string of the molecule is C[C@H](NC(=O)[C@H](CCC(N)=O)NC(=O)[C@@H](N)CCC(=O)O)C(=O)N[C@@H](CC(=O)O)C(=O)N[C@@H](Cc1ccc(O)cc1)C(=O)O. The summed E-state index contributed by atoms with van der Waals surface area (Å²) in [6, 6.07) is -2.04. The number of hydrogen-bond donors (Lipinski definition) is 10. The fraction of sp³-hybridized carbons (Fsp3) is 0.462. The number of carbonyl (C=O) groups is 8. The molecule has 0 aromatic heterocycles. The van der Waals surface area contributed by atoms with Crippen LogP contribution in [0.2, 0.25) is 0 Å². The Hall–Kier alpha value is -5.26. The first-order valence-electron chi connectivity index (χ1n) is 13.2. The number of carboxylic acid groups (broad SMARTS) is 3. The number of carboxylic acids is 3. The number of phenolic OH excluding ortho intramolecular Hbond substituents is 1. The third-order valence-electron chi connectivity index (χ3n) is 6.07. The quantitative estimate of drug-likeness (QED) is 0.0730. The molecule has 1 aromatic rings. The number of nitrogens with two attached hydrogens (primary N) is 2. The van der Waals surface area contributed by atoms with Gasteiger partial charge in [0.05, 0.1) is 12.5 Å². The molecule has 0 heterocycles.